The molecule has 0 aliphatic carbocycles. The van der Waals surface area contributed by atoms with Crippen molar-refractivity contribution in [2.75, 3.05) is 18.9 Å². The van der Waals surface area contributed by atoms with E-state index in [1.54, 1.807) is 27.1 Å². The summed E-state index contributed by atoms with van der Waals surface area (Å²) in [6.45, 7) is 11.8. The molecule has 2 atom stereocenters. The van der Waals surface area contributed by atoms with E-state index in [0.717, 1.165) is 19.3 Å². The van der Waals surface area contributed by atoms with Crippen molar-refractivity contribution in [1.82, 2.24) is 24.8 Å². The van der Waals surface area contributed by atoms with Crippen molar-refractivity contribution in [3.8, 4) is 0 Å². The highest BCUT2D eigenvalue weighted by Crippen LogP contribution is 2.20. The minimum absolute atomic E-state index is 0.0700. The Balaban J connectivity index is 1.80. The number of halogens is 1. The lowest BCUT2D eigenvalue weighted by atomic mass is 10.0. The number of unbranched alkanes of at least 4 members (excludes halogenated alkanes) is 14. The third-order valence-electron chi connectivity index (χ3n) is 8.72. The molecule has 2 aromatic rings. The molecule has 2 heterocycles. The van der Waals surface area contributed by atoms with Crippen LogP contribution < -0.4 is 11.1 Å². The minimum Gasteiger partial charge on any atom is -0.465 e. The molecule has 0 spiro atoms. The summed E-state index contributed by atoms with van der Waals surface area (Å²) < 4.78 is 19.2. The van der Waals surface area contributed by atoms with E-state index in [-0.39, 0.29) is 37.0 Å². The molecule has 12 nitrogen and oxygen atoms in total. The van der Waals surface area contributed by atoms with Crippen LogP contribution in [0.5, 0.6) is 0 Å². The zero-order valence-corrected chi connectivity index (χ0v) is 34.3. The van der Waals surface area contributed by atoms with Gasteiger partial charge in [-0.25, -0.2) is 19.6 Å². The highest BCUT2D eigenvalue weighted by atomic mass is 127. The van der Waals surface area contributed by atoms with Crippen LogP contribution in [-0.4, -0.2) is 62.4 Å². The van der Waals surface area contributed by atoms with Crippen LogP contribution in [0.1, 0.15) is 151 Å². The van der Waals surface area contributed by atoms with Gasteiger partial charge in [-0.1, -0.05) is 111 Å². The van der Waals surface area contributed by atoms with Gasteiger partial charge in [-0.2, -0.15) is 4.98 Å². The number of alkyl carbamates (subject to hydrolysis) is 1. The molecule has 0 aromatic carbocycles. The Morgan fingerprint density at radius 2 is 1.45 bits per heavy atom. The van der Waals surface area contributed by atoms with E-state index in [2.05, 4.69) is 49.8 Å². The number of amides is 1. The molecule has 0 aliphatic rings. The molecule has 2 rings (SSSR count). The van der Waals surface area contributed by atoms with Gasteiger partial charge in [0.05, 0.1) is 19.5 Å². The maximum absolute atomic E-state index is 13.0. The summed E-state index contributed by atoms with van der Waals surface area (Å²) in [7, 11) is 0. The number of fused-ring (bicyclic) bond motifs is 1. The molecule has 0 aliphatic heterocycles. The number of nitrogen functional groups attached to an aromatic ring is 1. The lowest BCUT2D eigenvalue weighted by Crippen LogP contribution is -2.47. The van der Waals surface area contributed by atoms with Crippen LogP contribution >= 0.6 is 22.6 Å². The maximum atomic E-state index is 13.0. The Hall–Kier alpha value is -2.71. The quantitative estimate of drug-likeness (QED) is 0.0308. The highest BCUT2D eigenvalue weighted by molar-refractivity contribution is 14.1. The van der Waals surface area contributed by atoms with Crippen molar-refractivity contribution in [2.24, 2.45) is 11.8 Å². The normalized spacial score (nSPS) is 12.9. The number of anilines is 1. The SMILES string of the molecule is CCCCCCCCCCCCCCCCCC(=O)OC[C@H](CCOC(=O)C(NC(=O)OC(C)(C)C)C(C)C)Cn1cnc2c(I)nc(N)nc21. The van der Waals surface area contributed by atoms with Crippen LogP contribution in [0.15, 0.2) is 6.33 Å². The Morgan fingerprint density at radius 1 is 0.882 bits per heavy atom. The van der Waals surface area contributed by atoms with E-state index in [4.69, 9.17) is 19.9 Å². The van der Waals surface area contributed by atoms with Crippen molar-refractivity contribution < 1.29 is 28.6 Å². The van der Waals surface area contributed by atoms with Crippen molar-refractivity contribution in [3.05, 3.63) is 10.0 Å². The maximum Gasteiger partial charge on any atom is 0.408 e. The third-order valence-corrected chi connectivity index (χ3v) is 9.47. The van der Waals surface area contributed by atoms with E-state index in [0.29, 0.717) is 34.3 Å². The first-order valence-corrected chi connectivity index (χ1v) is 20.3. The van der Waals surface area contributed by atoms with E-state index < -0.39 is 23.7 Å². The summed E-state index contributed by atoms with van der Waals surface area (Å²) in [6.07, 6.45) is 20.8. The van der Waals surface area contributed by atoms with Crippen LogP contribution in [0.2, 0.25) is 0 Å². The largest absolute Gasteiger partial charge is 0.465 e. The topological polar surface area (TPSA) is 161 Å². The molecular weight excluding hydrogens is 763 g/mol. The van der Waals surface area contributed by atoms with E-state index >= 15 is 0 Å². The molecular formula is C38H65IN6O6. The van der Waals surface area contributed by atoms with Crippen molar-refractivity contribution in [3.63, 3.8) is 0 Å². The van der Waals surface area contributed by atoms with Crippen molar-refractivity contribution in [2.45, 2.75) is 169 Å². The molecule has 2 aromatic heterocycles. The lowest BCUT2D eigenvalue weighted by Gasteiger charge is -2.25. The number of nitrogens with one attached hydrogen (secondary N) is 1. The molecule has 0 saturated heterocycles. The fourth-order valence-corrected chi connectivity index (χ4v) is 6.46. The fraction of sp³-hybridized carbons (Fsp3) is 0.789. The smallest absolute Gasteiger partial charge is 0.408 e. The molecule has 290 valence electrons. The summed E-state index contributed by atoms with van der Waals surface area (Å²) in [4.78, 5) is 51.1. The zero-order chi connectivity index (χ0) is 37.6. The second-order valence-corrected chi connectivity index (χ2v) is 16.0. The molecule has 1 unspecified atom stereocenters. The number of aromatic nitrogens is 4. The number of imidazole rings is 1. The molecule has 0 saturated carbocycles. The van der Waals surface area contributed by atoms with Gasteiger partial charge in [-0.15, -0.1) is 0 Å². The van der Waals surface area contributed by atoms with E-state index in [9.17, 15) is 14.4 Å². The molecule has 1 amide bonds. The van der Waals surface area contributed by atoms with Crippen LogP contribution in [-0.2, 0) is 30.3 Å². The molecule has 51 heavy (non-hydrogen) atoms. The first-order chi connectivity index (χ1) is 24.3. The summed E-state index contributed by atoms with van der Waals surface area (Å²) in [5, 5.41) is 2.63. The van der Waals surface area contributed by atoms with Gasteiger partial charge in [0.15, 0.2) is 5.65 Å². The van der Waals surface area contributed by atoms with Gasteiger partial charge < -0.3 is 29.8 Å². The predicted molar refractivity (Wildman–Crippen MR) is 210 cm³/mol. The fourth-order valence-electron chi connectivity index (χ4n) is 5.84. The van der Waals surface area contributed by atoms with Crippen molar-refractivity contribution in [1.29, 1.82) is 0 Å². The number of nitrogens with zero attached hydrogens (tertiary/aromatic N) is 4. The monoisotopic (exact) mass is 828 g/mol. The van der Waals surface area contributed by atoms with Crippen LogP contribution in [0, 0.1) is 15.5 Å². The minimum atomic E-state index is -0.870. The second-order valence-electron chi connectivity index (χ2n) is 15.0. The number of hydrogen-bond donors (Lipinski definition) is 2. The highest BCUT2D eigenvalue weighted by Gasteiger charge is 2.28. The van der Waals surface area contributed by atoms with Gasteiger partial charge in [-0.3, -0.25) is 4.79 Å². The number of rotatable bonds is 26. The number of carbonyl (C=O) groups excluding carboxylic acids is 3. The predicted octanol–water partition coefficient (Wildman–Crippen LogP) is 8.92. The Kier molecular flexibility index (Phi) is 21.4. The number of nitrogens with two attached hydrogens (primary N) is 1. The molecule has 3 N–H and O–H groups in total. The summed E-state index contributed by atoms with van der Waals surface area (Å²) in [5.41, 5.74) is 6.43. The van der Waals surface area contributed by atoms with Gasteiger partial charge in [0.2, 0.25) is 5.95 Å². The van der Waals surface area contributed by atoms with Crippen LogP contribution in [0.25, 0.3) is 11.2 Å². The summed E-state index contributed by atoms with van der Waals surface area (Å²) >= 11 is 2.07. The first kappa shape index (κ1) is 44.5. The first-order valence-electron chi connectivity index (χ1n) is 19.3. The van der Waals surface area contributed by atoms with Gasteiger partial charge in [0, 0.05) is 18.9 Å². The number of ether oxygens (including phenoxy) is 3. The van der Waals surface area contributed by atoms with Crippen molar-refractivity contribution >= 4 is 57.7 Å². The number of carbonyl (C=O) groups is 3. The summed E-state index contributed by atoms with van der Waals surface area (Å²) in [5.74, 6) is -1.06. The van der Waals surface area contributed by atoms with E-state index in [1.807, 2.05) is 18.4 Å². The Labute approximate surface area is 319 Å². The summed E-state index contributed by atoms with van der Waals surface area (Å²) in [6, 6.07) is -0.870. The zero-order valence-electron chi connectivity index (χ0n) is 32.1. The lowest BCUT2D eigenvalue weighted by molar-refractivity contribution is -0.150. The molecule has 0 radical (unpaired) electrons. The number of hydrogen-bond acceptors (Lipinski definition) is 10. The van der Waals surface area contributed by atoms with E-state index in [1.165, 1.54) is 77.0 Å². The number of esters is 2. The second kappa shape index (κ2) is 24.5. The Morgan fingerprint density at radius 3 is 2.00 bits per heavy atom. The van der Waals surface area contributed by atoms with Gasteiger partial charge >= 0.3 is 18.0 Å². The van der Waals surface area contributed by atoms with Gasteiger partial charge in [-0.05, 0) is 62.1 Å². The van der Waals surface area contributed by atoms with Crippen LogP contribution in [0.3, 0.4) is 0 Å². The molecule has 13 heteroatoms. The van der Waals surface area contributed by atoms with Crippen LogP contribution in [0.4, 0.5) is 10.7 Å². The van der Waals surface area contributed by atoms with Gasteiger partial charge in [0.25, 0.3) is 0 Å². The Bertz CT molecular complexity index is 1310. The molecule has 0 bridgehead atoms. The standard InChI is InChI=1S/C38H65IN6O6/c1-7-8-9-10-11-12-13-14-15-16-17-18-19-20-21-22-30(46)50-26-29(25-45-27-41-32-33(39)43-36(40)44-34(32)45)23-24-49-35(47)31(28(2)3)42-37(48)51-38(4,5)6/h27-29,31H,7-26H2,1-6H3,(H,42,48)(H2,40,43,44)/t29-,31?/m1/s1. The average Bonchev–Trinajstić information content (AvgIpc) is 3.45. The third kappa shape index (κ3) is 19.1. The van der Waals surface area contributed by atoms with Gasteiger partial charge in [0.1, 0.15) is 20.9 Å². The molecule has 0 fully saturated rings. The average molecular weight is 829 g/mol.